The highest BCUT2D eigenvalue weighted by molar-refractivity contribution is 5.99. The number of hydrogen-bond acceptors (Lipinski definition) is 2. The quantitative estimate of drug-likeness (QED) is 0.545. The van der Waals surface area contributed by atoms with Crippen LogP contribution in [0.25, 0.3) is 22.0 Å². The van der Waals surface area contributed by atoms with Crippen molar-refractivity contribution >= 4 is 16.9 Å². The van der Waals surface area contributed by atoms with Crippen molar-refractivity contribution < 1.29 is 9.90 Å². The number of carboxylic acid groups (broad SMARTS) is 1. The lowest BCUT2D eigenvalue weighted by atomic mass is 9.83. The normalized spacial score (nSPS) is 14.2. The highest BCUT2D eigenvalue weighted by Crippen LogP contribution is 2.41. The van der Waals surface area contributed by atoms with E-state index in [1.165, 1.54) is 23.1 Å². The lowest BCUT2D eigenvalue weighted by molar-refractivity contribution is -0.139. The van der Waals surface area contributed by atoms with Gasteiger partial charge in [0.05, 0.1) is 11.4 Å². The molecule has 0 aliphatic heterocycles. The van der Waals surface area contributed by atoms with E-state index in [0.717, 1.165) is 59.0 Å². The average Bonchev–Trinajstić information content (AvgIpc) is 3.17. The highest BCUT2D eigenvalue weighted by atomic mass is 16.4. The molecule has 2 aromatic carbocycles. The van der Waals surface area contributed by atoms with Gasteiger partial charge in [-0.15, -0.1) is 0 Å². The molecule has 1 atom stereocenters. The summed E-state index contributed by atoms with van der Waals surface area (Å²) in [6.45, 7) is 6.21. The molecule has 0 fully saturated rings. The first kappa shape index (κ1) is 19.6. The molecule has 1 aromatic heterocycles. The number of carboxylic acids is 1. The monoisotopic (exact) mass is 387 g/mol. The summed E-state index contributed by atoms with van der Waals surface area (Å²) >= 11 is 0. The molecule has 1 aliphatic carbocycles. The highest BCUT2D eigenvalue weighted by Gasteiger charge is 2.28. The number of fused-ring (bicyclic) bond motifs is 2. The number of hydrogen-bond donors (Lipinski definition) is 1. The van der Waals surface area contributed by atoms with Crippen molar-refractivity contribution in [1.82, 2.24) is 4.98 Å². The minimum absolute atomic E-state index is 0.531. The van der Waals surface area contributed by atoms with Crippen LogP contribution in [0.1, 0.15) is 67.0 Å². The standard InChI is InChI=1S/C26H29NO2/c1-4-7-20(26(28)29)25-22(5-2)27-23-15-19-9-6-8-18(19)14-21(23)24(25)17-12-10-16(3)11-13-17/h10-15,20H,4-9H2,1-3H3,(H,28,29). The van der Waals surface area contributed by atoms with Gasteiger partial charge < -0.3 is 5.11 Å². The van der Waals surface area contributed by atoms with Gasteiger partial charge in [-0.05, 0) is 79.0 Å². The summed E-state index contributed by atoms with van der Waals surface area (Å²) in [5.74, 6) is -1.28. The number of rotatable bonds is 6. The largest absolute Gasteiger partial charge is 0.481 e. The van der Waals surface area contributed by atoms with Crippen LogP contribution in [0.15, 0.2) is 36.4 Å². The molecule has 1 aliphatic rings. The van der Waals surface area contributed by atoms with Gasteiger partial charge in [0.1, 0.15) is 0 Å². The minimum atomic E-state index is -0.753. The Hall–Kier alpha value is -2.68. The zero-order chi connectivity index (χ0) is 20.5. The Kier molecular flexibility index (Phi) is 5.40. The van der Waals surface area contributed by atoms with E-state index in [1.54, 1.807) is 0 Å². The van der Waals surface area contributed by atoms with Gasteiger partial charge in [-0.1, -0.05) is 50.1 Å². The fourth-order valence-corrected chi connectivity index (χ4v) is 4.75. The smallest absolute Gasteiger partial charge is 0.311 e. The maximum atomic E-state index is 12.3. The molecule has 3 aromatic rings. The van der Waals surface area contributed by atoms with E-state index >= 15 is 0 Å². The van der Waals surface area contributed by atoms with Crippen LogP contribution in [0, 0.1) is 6.92 Å². The molecule has 0 saturated carbocycles. The summed E-state index contributed by atoms with van der Waals surface area (Å²) < 4.78 is 0. The predicted molar refractivity (Wildman–Crippen MR) is 119 cm³/mol. The van der Waals surface area contributed by atoms with Crippen LogP contribution in [-0.4, -0.2) is 16.1 Å². The van der Waals surface area contributed by atoms with Crippen molar-refractivity contribution in [2.75, 3.05) is 0 Å². The summed E-state index contributed by atoms with van der Waals surface area (Å²) in [4.78, 5) is 17.3. The van der Waals surface area contributed by atoms with Crippen molar-refractivity contribution in [2.24, 2.45) is 0 Å². The van der Waals surface area contributed by atoms with Crippen LogP contribution in [0.5, 0.6) is 0 Å². The predicted octanol–water partition coefficient (Wildman–Crippen LogP) is 6.23. The third-order valence-electron chi connectivity index (χ3n) is 6.21. The van der Waals surface area contributed by atoms with E-state index < -0.39 is 11.9 Å². The van der Waals surface area contributed by atoms with Crippen molar-refractivity contribution in [3.8, 4) is 11.1 Å². The summed E-state index contributed by atoms with van der Waals surface area (Å²) in [6, 6.07) is 13.0. The van der Waals surface area contributed by atoms with E-state index in [1.807, 2.05) is 0 Å². The lowest BCUT2D eigenvalue weighted by Gasteiger charge is -2.22. The van der Waals surface area contributed by atoms with Gasteiger partial charge in [0.25, 0.3) is 0 Å². The van der Waals surface area contributed by atoms with Crippen LogP contribution in [-0.2, 0) is 24.1 Å². The van der Waals surface area contributed by atoms with Crippen LogP contribution in [0.4, 0.5) is 0 Å². The second-order valence-corrected chi connectivity index (χ2v) is 8.24. The molecule has 150 valence electrons. The molecular weight excluding hydrogens is 358 g/mol. The van der Waals surface area contributed by atoms with Crippen molar-refractivity contribution in [2.45, 2.75) is 65.2 Å². The van der Waals surface area contributed by atoms with Gasteiger partial charge in [0, 0.05) is 11.1 Å². The molecule has 0 spiro atoms. The summed E-state index contributed by atoms with van der Waals surface area (Å²) in [6.07, 6.45) is 5.58. The number of pyridine rings is 1. The van der Waals surface area contributed by atoms with Gasteiger partial charge in [-0.2, -0.15) is 0 Å². The molecule has 1 unspecified atom stereocenters. The number of carbonyl (C=O) groups is 1. The molecular formula is C26H29NO2. The molecule has 1 heterocycles. The van der Waals surface area contributed by atoms with E-state index in [-0.39, 0.29) is 0 Å². The molecule has 29 heavy (non-hydrogen) atoms. The second-order valence-electron chi connectivity index (χ2n) is 8.24. The fourth-order valence-electron chi connectivity index (χ4n) is 4.75. The van der Waals surface area contributed by atoms with Crippen molar-refractivity contribution in [1.29, 1.82) is 0 Å². The molecule has 0 bridgehead atoms. The van der Waals surface area contributed by atoms with Crippen molar-refractivity contribution in [3.63, 3.8) is 0 Å². The first-order chi connectivity index (χ1) is 14.0. The maximum Gasteiger partial charge on any atom is 0.311 e. The maximum absolute atomic E-state index is 12.3. The molecule has 1 N–H and O–H groups in total. The van der Waals surface area contributed by atoms with Gasteiger partial charge in [-0.25, -0.2) is 0 Å². The van der Waals surface area contributed by atoms with Gasteiger partial charge in [0.15, 0.2) is 0 Å². The Morgan fingerprint density at radius 1 is 1.10 bits per heavy atom. The molecule has 0 amide bonds. The van der Waals surface area contributed by atoms with Gasteiger partial charge in [0.2, 0.25) is 0 Å². The zero-order valence-corrected chi connectivity index (χ0v) is 17.6. The number of aromatic nitrogens is 1. The van der Waals surface area contributed by atoms with Crippen LogP contribution in [0.2, 0.25) is 0 Å². The Morgan fingerprint density at radius 3 is 2.41 bits per heavy atom. The van der Waals surface area contributed by atoms with E-state index in [4.69, 9.17) is 4.98 Å². The number of benzene rings is 2. The fraction of sp³-hybridized carbons (Fsp3) is 0.385. The van der Waals surface area contributed by atoms with Crippen LogP contribution in [0.3, 0.4) is 0 Å². The number of aryl methyl sites for hydroxylation is 4. The van der Waals surface area contributed by atoms with E-state index in [2.05, 4.69) is 57.2 Å². The summed E-state index contributed by atoms with van der Waals surface area (Å²) in [5, 5.41) is 11.2. The molecule has 3 heteroatoms. The van der Waals surface area contributed by atoms with Gasteiger partial charge >= 0.3 is 5.97 Å². The zero-order valence-electron chi connectivity index (χ0n) is 17.6. The van der Waals surface area contributed by atoms with Crippen LogP contribution >= 0.6 is 0 Å². The third-order valence-corrected chi connectivity index (χ3v) is 6.21. The first-order valence-electron chi connectivity index (χ1n) is 10.8. The third kappa shape index (κ3) is 3.55. The van der Waals surface area contributed by atoms with Gasteiger partial charge in [-0.3, -0.25) is 9.78 Å². The molecule has 0 saturated heterocycles. The summed E-state index contributed by atoms with van der Waals surface area (Å²) in [7, 11) is 0. The van der Waals surface area contributed by atoms with Crippen molar-refractivity contribution in [3.05, 3.63) is 64.3 Å². The Morgan fingerprint density at radius 2 is 1.79 bits per heavy atom. The molecule has 3 nitrogen and oxygen atoms in total. The van der Waals surface area contributed by atoms with E-state index in [9.17, 15) is 9.90 Å². The Labute approximate surface area is 172 Å². The lowest BCUT2D eigenvalue weighted by Crippen LogP contribution is -2.16. The Bertz CT molecular complexity index is 1070. The topological polar surface area (TPSA) is 50.2 Å². The average molecular weight is 388 g/mol. The SMILES string of the molecule is CCCC(C(=O)O)c1c(CC)nc2cc3c(cc2c1-c1ccc(C)cc1)CCC3. The first-order valence-corrected chi connectivity index (χ1v) is 10.8. The number of aliphatic carboxylic acids is 1. The summed E-state index contributed by atoms with van der Waals surface area (Å²) in [5.41, 5.74) is 9.00. The molecule has 0 radical (unpaired) electrons. The van der Waals surface area contributed by atoms with E-state index in [0.29, 0.717) is 6.42 Å². The van der Waals surface area contributed by atoms with Crippen LogP contribution < -0.4 is 0 Å². The molecule has 4 rings (SSSR count). The Balaban J connectivity index is 2.10. The minimum Gasteiger partial charge on any atom is -0.481 e. The second kappa shape index (κ2) is 7.98. The number of nitrogens with zero attached hydrogens (tertiary/aromatic N) is 1.